The number of nitrogens with one attached hydrogen (secondary N) is 1. The van der Waals surface area contributed by atoms with Crippen LogP contribution in [0.1, 0.15) is 17.0 Å². The number of fused-ring (bicyclic) bond motifs is 2. The molecule has 1 aliphatic heterocycles. The Morgan fingerprint density at radius 2 is 1.96 bits per heavy atom. The average molecular weight is 342 g/mol. The summed E-state index contributed by atoms with van der Waals surface area (Å²) >= 11 is 0. The van der Waals surface area contributed by atoms with Crippen LogP contribution in [-0.2, 0) is 19.5 Å². The number of benzene rings is 1. The minimum atomic E-state index is 0.777. The molecule has 26 heavy (non-hydrogen) atoms. The Balaban J connectivity index is 1.37. The van der Waals surface area contributed by atoms with Gasteiger partial charge in [0.25, 0.3) is 0 Å². The van der Waals surface area contributed by atoms with Crippen LogP contribution in [0.5, 0.6) is 0 Å². The van der Waals surface area contributed by atoms with E-state index in [1.165, 1.54) is 16.6 Å². The summed E-state index contributed by atoms with van der Waals surface area (Å²) in [6.45, 7) is 2.69. The van der Waals surface area contributed by atoms with E-state index in [0.717, 1.165) is 48.7 Å². The molecule has 0 aliphatic carbocycles. The molecule has 1 aromatic carbocycles. The van der Waals surface area contributed by atoms with Gasteiger partial charge in [0.1, 0.15) is 0 Å². The molecule has 3 aromatic heterocycles. The Kier molecular flexibility index (Phi) is 3.68. The summed E-state index contributed by atoms with van der Waals surface area (Å²) in [7, 11) is 0. The first-order chi connectivity index (χ1) is 12.9. The van der Waals surface area contributed by atoms with E-state index >= 15 is 0 Å². The molecule has 0 atom stereocenters. The SMILES string of the molecule is c1ccc2c(CN3CCc4nc(-c5ccncc5)ncc4C3)[nH]nc2c1. The number of pyridine rings is 1. The number of aromatic nitrogens is 5. The molecule has 128 valence electrons. The Bertz CT molecular complexity index is 1060. The molecule has 6 nitrogen and oxygen atoms in total. The number of para-hydroxylation sites is 1. The Morgan fingerprint density at radius 3 is 2.88 bits per heavy atom. The molecule has 0 bridgehead atoms. The van der Waals surface area contributed by atoms with E-state index in [-0.39, 0.29) is 0 Å². The van der Waals surface area contributed by atoms with Crippen LogP contribution in [0.2, 0.25) is 0 Å². The van der Waals surface area contributed by atoms with Crippen molar-refractivity contribution in [3.05, 3.63) is 71.9 Å². The summed E-state index contributed by atoms with van der Waals surface area (Å²) in [6.07, 6.45) is 6.44. The van der Waals surface area contributed by atoms with Crippen LogP contribution >= 0.6 is 0 Å². The third-order valence-electron chi connectivity index (χ3n) is 4.87. The number of hydrogen-bond acceptors (Lipinski definition) is 5. The minimum Gasteiger partial charge on any atom is -0.293 e. The maximum atomic E-state index is 4.78. The summed E-state index contributed by atoms with van der Waals surface area (Å²) in [4.78, 5) is 15.8. The molecule has 4 heterocycles. The lowest BCUT2D eigenvalue weighted by Gasteiger charge is -2.27. The lowest BCUT2D eigenvalue weighted by atomic mass is 10.1. The van der Waals surface area contributed by atoms with Crippen molar-refractivity contribution in [2.75, 3.05) is 6.54 Å². The zero-order chi connectivity index (χ0) is 17.3. The fourth-order valence-corrected chi connectivity index (χ4v) is 3.51. The van der Waals surface area contributed by atoms with Gasteiger partial charge in [0.15, 0.2) is 5.82 Å². The Morgan fingerprint density at radius 1 is 1.08 bits per heavy atom. The zero-order valence-electron chi connectivity index (χ0n) is 14.3. The van der Waals surface area contributed by atoms with Gasteiger partial charge in [0, 0.05) is 61.2 Å². The smallest absolute Gasteiger partial charge is 0.159 e. The second kappa shape index (κ2) is 6.31. The van der Waals surface area contributed by atoms with Crippen LogP contribution in [0.25, 0.3) is 22.3 Å². The first-order valence-electron chi connectivity index (χ1n) is 8.76. The molecule has 1 N–H and O–H groups in total. The second-order valence-corrected chi connectivity index (χ2v) is 6.58. The highest BCUT2D eigenvalue weighted by atomic mass is 15.2. The highest BCUT2D eigenvalue weighted by molar-refractivity contribution is 5.81. The summed E-state index contributed by atoms with van der Waals surface area (Å²) in [5, 5.41) is 8.78. The van der Waals surface area contributed by atoms with Gasteiger partial charge in [-0.1, -0.05) is 18.2 Å². The van der Waals surface area contributed by atoms with Crippen molar-refractivity contribution in [2.24, 2.45) is 0 Å². The molecule has 0 fully saturated rings. The van der Waals surface area contributed by atoms with Crippen molar-refractivity contribution in [3.63, 3.8) is 0 Å². The van der Waals surface area contributed by atoms with E-state index in [0.29, 0.717) is 0 Å². The van der Waals surface area contributed by atoms with E-state index < -0.39 is 0 Å². The standard InChI is InChI=1S/C20H18N6/c1-2-4-18-16(3-1)19(25-24-18)13-26-10-7-17-15(12-26)11-22-20(23-17)14-5-8-21-9-6-14/h1-6,8-9,11H,7,10,12-13H2,(H,24,25). The van der Waals surface area contributed by atoms with Gasteiger partial charge >= 0.3 is 0 Å². The summed E-state index contributed by atoms with van der Waals surface area (Å²) in [5.41, 5.74) is 5.55. The van der Waals surface area contributed by atoms with Crippen LogP contribution in [0, 0.1) is 0 Å². The van der Waals surface area contributed by atoms with E-state index in [1.807, 2.05) is 30.5 Å². The van der Waals surface area contributed by atoms with Crippen molar-refractivity contribution in [1.82, 2.24) is 30.0 Å². The number of aromatic amines is 1. The molecule has 4 aromatic rings. The number of hydrogen-bond donors (Lipinski definition) is 1. The van der Waals surface area contributed by atoms with Crippen LogP contribution in [-0.4, -0.2) is 36.6 Å². The lowest BCUT2D eigenvalue weighted by Crippen LogP contribution is -2.31. The largest absolute Gasteiger partial charge is 0.293 e. The maximum Gasteiger partial charge on any atom is 0.159 e. The highest BCUT2D eigenvalue weighted by Crippen LogP contribution is 2.23. The van der Waals surface area contributed by atoms with Gasteiger partial charge in [-0.05, 0) is 18.2 Å². The van der Waals surface area contributed by atoms with Crippen LogP contribution in [0.15, 0.2) is 55.0 Å². The van der Waals surface area contributed by atoms with Gasteiger partial charge < -0.3 is 0 Å². The Labute approximate surface area is 150 Å². The molecule has 0 radical (unpaired) electrons. The molecular weight excluding hydrogens is 324 g/mol. The normalized spacial score (nSPS) is 14.5. The first-order valence-corrected chi connectivity index (χ1v) is 8.76. The molecular formula is C20H18N6. The van der Waals surface area contributed by atoms with E-state index in [1.54, 1.807) is 12.4 Å². The fourth-order valence-electron chi connectivity index (χ4n) is 3.51. The van der Waals surface area contributed by atoms with Crippen LogP contribution in [0.4, 0.5) is 0 Å². The summed E-state index contributed by atoms with van der Waals surface area (Å²) in [6, 6.07) is 12.1. The molecule has 5 rings (SSSR count). The fraction of sp³-hybridized carbons (Fsp3) is 0.200. The average Bonchev–Trinajstić information content (AvgIpc) is 3.11. The Hall–Kier alpha value is -3.12. The van der Waals surface area contributed by atoms with Crippen LogP contribution in [0.3, 0.4) is 0 Å². The predicted octanol–water partition coefficient (Wildman–Crippen LogP) is 2.97. The third-order valence-corrected chi connectivity index (χ3v) is 4.87. The van der Waals surface area contributed by atoms with Crippen LogP contribution < -0.4 is 0 Å². The van der Waals surface area contributed by atoms with Gasteiger partial charge in [0.2, 0.25) is 0 Å². The van der Waals surface area contributed by atoms with Crippen molar-refractivity contribution in [2.45, 2.75) is 19.5 Å². The molecule has 0 unspecified atom stereocenters. The second-order valence-electron chi connectivity index (χ2n) is 6.58. The lowest BCUT2D eigenvalue weighted by molar-refractivity contribution is 0.241. The first kappa shape index (κ1) is 15.2. The zero-order valence-corrected chi connectivity index (χ0v) is 14.3. The highest BCUT2D eigenvalue weighted by Gasteiger charge is 2.20. The van der Waals surface area contributed by atoms with Gasteiger partial charge in [-0.3, -0.25) is 15.0 Å². The summed E-state index contributed by atoms with van der Waals surface area (Å²) in [5.74, 6) is 0.777. The molecule has 0 spiro atoms. The quantitative estimate of drug-likeness (QED) is 0.620. The van der Waals surface area contributed by atoms with Gasteiger partial charge in [-0.25, -0.2) is 9.97 Å². The number of nitrogens with zero attached hydrogens (tertiary/aromatic N) is 5. The minimum absolute atomic E-state index is 0.777. The van der Waals surface area contributed by atoms with Gasteiger partial charge in [0.05, 0.1) is 16.9 Å². The van der Waals surface area contributed by atoms with Gasteiger partial charge in [-0.2, -0.15) is 5.10 Å². The molecule has 0 saturated heterocycles. The predicted molar refractivity (Wildman–Crippen MR) is 99.2 cm³/mol. The van der Waals surface area contributed by atoms with Crippen molar-refractivity contribution in [1.29, 1.82) is 0 Å². The number of H-pyrrole nitrogens is 1. The van der Waals surface area contributed by atoms with E-state index in [9.17, 15) is 0 Å². The van der Waals surface area contributed by atoms with Crippen molar-refractivity contribution < 1.29 is 0 Å². The van der Waals surface area contributed by atoms with Crippen molar-refractivity contribution >= 4 is 10.9 Å². The van der Waals surface area contributed by atoms with Gasteiger partial charge in [-0.15, -0.1) is 0 Å². The molecule has 0 saturated carbocycles. The molecule has 0 amide bonds. The van der Waals surface area contributed by atoms with Crippen molar-refractivity contribution in [3.8, 4) is 11.4 Å². The summed E-state index contributed by atoms with van der Waals surface area (Å²) < 4.78 is 0. The topological polar surface area (TPSA) is 70.6 Å². The maximum absolute atomic E-state index is 4.78. The monoisotopic (exact) mass is 342 g/mol. The third kappa shape index (κ3) is 2.74. The van der Waals surface area contributed by atoms with E-state index in [2.05, 4.69) is 37.2 Å². The van der Waals surface area contributed by atoms with E-state index in [4.69, 9.17) is 4.98 Å². The molecule has 6 heteroatoms. The molecule has 1 aliphatic rings. The number of rotatable bonds is 3.